The zero-order valence-electron chi connectivity index (χ0n) is 20.7. The monoisotopic (exact) mass is 470 g/mol. The molecule has 1 aliphatic carbocycles. The summed E-state index contributed by atoms with van der Waals surface area (Å²) in [5.74, 6) is 1.32. The minimum Gasteiger partial charge on any atom is -0.446 e. The van der Waals surface area contributed by atoms with Crippen molar-refractivity contribution < 1.29 is 19.1 Å². The molecule has 8 heteroatoms. The minimum atomic E-state index is -0.343. The Morgan fingerprint density at radius 3 is 2.59 bits per heavy atom. The number of carbonyl (C=O) groups is 2. The van der Waals surface area contributed by atoms with Gasteiger partial charge in [-0.05, 0) is 70.1 Å². The number of hydrogen-bond acceptors (Lipinski definition) is 6. The third-order valence-corrected chi connectivity index (χ3v) is 7.45. The van der Waals surface area contributed by atoms with Crippen LogP contribution in [0.25, 0.3) is 0 Å². The molecule has 0 radical (unpaired) electrons. The molecule has 1 aromatic rings. The average Bonchev–Trinajstić information content (AvgIpc) is 3.57. The molecule has 0 bridgehead atoms. The number of amides is 2. The van der Waals surface area contributed by atoms with Crippen LogP contribution in [0.3, 0.4) is 0 Å². The summed E-state index contributed by atoms with van der Waals surface area (Å²) >= 11 is 0. The maximum atomic E-state index is 13.1. The molecule has 3 aliphatic heterocycles. The fraction of sp³-hybridized carbons (Fsp3) is 0.692. The molecule has 4 aliphatic rings. The molecule has 3 heterocycles. The third kappa shape index (κ3) is 4.95. The maximum absolute atomic E-state index is 13.1. The third-order valence-electron chi connectivity index (χ3n) is 7.45. The van der Waals surface area contributed by atoms with E-state index in [0.717, 1.165) is 69.9 Å². The Morgan fingerprint density at radius 2 is 1.88 bits per heavy atom. The van der Waals surface area contributed by atoms with Crippen LogP contribution in [0.5, 0.6) is 0 Å². The minimum absolute atomic E-state index is 0.0886. The van der Waals surface area contributed by atoms with E-state index >= 15 is 0 Å². The Hall–Kier alpha value is -2.16. The average molecular weight is 471 g/mol. The first-order valence-corrected chi connectivity index (χ1v) is 12.9. The Balaban J connectivity index is 1.38. The summed E-state index contributed by atoms with van der Waals surface area (Å²) in [5.41, 5.74) is 6.38. The molecular formula is C26H38N4O4. The predicted molar refractivity (Wildman–Crippen MR) is 131 cm³/mol. The van der Waals surface area contributed by atoms with Crippen molar-refractivity contribution in [1.29, 1.82) is 0 Å². The quantitative estimate of drug-likeness (QED) is 0.710. The lowest BCUT2D eigenvalue weighted by Gasteiger charge is -2.41. The molecule has 1 saturated carbocycles. The van der Waals surface area contributed by atoms with Gasteiger partial charge in [-0.15, -0.1) is 0 Å². The summed E-state index contributed by atoms with van der Waals surface area (Å²) in [6.45, 7) is 10.8. The molecular weight excluding hydrogens is 432 g/mol. The van der Waals surface area contributed by atoms with E-state index in [1.165, 1.54) is 5.56 Å². The van der Waals surface area contributed by atoms with E-state index in [4.69, 9.17) is 9.47 Å². The summed E-state index contributed by atoms with van der Waals surface area (Å²) in [7, 11) is 0. The zero-order valence-corrected chi connectivity index (χ0v) is 20.7. The first-order valence-electron chi connectivity index (χ1n) is 12.9. The van der Waals surface area contributed by atoms with E-state index < -0.39 is 0 Å². The van der Waals surface area contributed by atoms with E-state index in [0.29, 0.717) is 18.4 Å². The van der Waals surface area contributed by atoms with E-state index in [-0.39, 0.29) is 30.1 Å². The van der Waals surface area contributed by atoms with Gasteiger partial charge in [0, 0.05) is 51.2 Å². The van der Waals surface area contributed by atoms with Gasteiger partial charge in [-0.25, -0.2) is 9.80 Å². The standard InChI is InChI=1S/C26H38N4O4/c1-17(2)34-26(32)29-14-18(3)30(25(31)20-4-5-20)23-7-6-21(12-24(23)29)22-13-27-28(16-22)15-19-8-10-33-11-9-19/h6-7,12,17-20,22,27H,4-5,8-11,13-16H2,1-3H3/t18-,22?/m0/s1. The highest BCUT2D eigenvalue weighted by molar-refractivity contribution is 6.04. The van der Waals surface area contributed by atoms with Crippen molar-refractivity contribution >= 4 is 23.4 Å². The van der Waals surface area contributed by atoms with Gasteiger partial charge in [0.2, 0.25) is 5.91 Å². The number of nitrogens with zero attached hydrogens (tertiary/aromatic N) is 3. The normalized spacial score (nSPS) is 26.1. The summed E-state index contributed by atoms with van der Waals surface area (Å²) < 4.78 is 11.1. The number of carbonyl (C=O) groups excluding carboxylic acids is 2. The zero-order chi connectivity index (χ0) is 23.8. The molecule has 2 saturated heterocycles. The summed E-state index contributed by atoms with van der Waals surface area (Å²) in [5, 5.41) is 2.34. The van der Waals surface area contributed by atoms with Crippen LogP contribution in [0, 0.1) is 11.8 Å². The van der Waals surface area contributed by atoms with Gasteiger partial charge in [-0.3, -0.25) is 15.1 Å². The lowest BCUT2D eigenvalue weighted by molar-refractivity contribution is -0.120. The molecule has 2 amide bonds. The topological polar surface area (TPSA) is 74.4 Å². The van der Waals surface area contributed by atoms with E-state index in [2.05, 4.69) is 22.6 Å². The van der Waals surface area contributed by atoms with Crippen molar-refractivity contribution in [1.82, 2.24) is 10.4 Å². The molecule has 186 valence electrons. The highest BCUT2D eigenvalue weighted by atomic mass is 16.6. The Kier molecular flexibility index (Phi) is 6.82. The molecule has 1 unspecified atom stereocenters. The van der Waals surface area contributed by atoms with Gasteiger partial charge in [-0.2, -0.15) is 0 Å². The fourth-order valence-electron chi connectivity index (χ4n) is 5.43. The molecule has 2 atom stereocenters. The second-order valence-corrected chi connectivity index (χ2v) is 10.6. The van der Waals surface area contributed by atoms with Crippen LogP contribution in [0.1, 0.15) is 57.9 Å². The van der Waals surface area contributed by atoms with Crippen molar-refractivity contribution in [3.05, 3.63) is 23.8 Å². The molecule has 3 fully saturated rings. The Bertz CT molecular complexity index is 912. The van der Waals surface area contributed by atoms with Gasteiger partial charge in [-0.1, -0.05) is 6.07 Å². The molecule has 5 rings (SSSR count). The van der Waals surface area contributed by atoms with Crippen molar-refractivity contribution in [2.45, 2.75) is 64.5 Å². The van der Waals surface area contributed by atoms with E-state index in [1.54, 1.807) is 4.90 Å². The number of rotatable bonds is 5. The van der Waals surface area contributed by atoms with Crippen molar-refractivity contribution in [2.75, 3.05) is 49.2 Å². The number of anilines is 2. The summed E-state index contributed by atoms with van der Waals surface area (Å²) in [6, 6.07) is 6.20. The molecule has 8 nitrogen and oxygen atoms in total. The van der Waals surface area contributed by atoms with Crippen LogP contribution in [0.2, 0.25) is 0 Å². The maximum Gasteiger partial charge on any atom is 0.414 e. The van der Waals surface area contributed by atoms with Gasteiger partial charge in [0.05, 0.1) is 23.5 Å². The van der Waals surface area contributed by atoms with Crippen LogP contribution < -0.4 is 15.2 Å². The molecule has 0 aromatic heterocycles. The smallest absolute Gasteiger partial charge is 0.414 e. The Morgan fingerprint density at radius 1 is 1.12 bits per heavy atom. The first kappa shape index (κ1) is 23.6. The van der Waals surface area contributed by atoms with E-state index in [1.807, 2.05) is 31.7 Å². The van der Waals surface area contributed by atoms with Crippen molar-refractivity contribution in [2.24, 2.45) is 11.8 Å². The highest BCUT2D eigenvalue weighted by Crippen LogP contribution is 2.42. The van der Waals surface area contributed by atoms with Crippen LogP contribution in [-0.4, -0.2) is 68.5 Å². The van der Waals surface area contributed by atoms with Gasteiger partial charge in [0.1, 0.15) is 0 Å². The van der Waals surface area contributed by atoms with Crippen LogP contribution in [0.4, 0.5) is 16.2 Å². The van der Waals surface area contributed by atoms with E-state index in [9.17, 15) is 9.59 Å². The SMILES string of the molecule is CC(C)OC(=O)N1C[C@H](C)N(C(=O)C2CC2)c2ccc(C3CNN(CC4CCOCC4)C3)cc21. The molecule has 1 aromatic carbocycles. The molecule has 34 heavy (non-hydrogen) atoms. The number of benzene rings is 1. The van der Waals surface area contributed by atoms with Crippen LogP contribution in [-0.2, 0) is 14.3 Å². The van der Waals surface area contributed by atoms with Crippen LogP contribution in [0.15, 0.2) is 18.2 Å². The largest absolute Gasteiger partial charge is 0.446 e. The number of hydrogen-bond donors (Lipinski definition) is 1. The van der Waals surface area contributed by atoms with Gasteiger partial charge >= 0.3 is 6.09 Å². The second kappa shape index (κ2) is 9.84. The summed E-state index contributed by atoms with van der Waals surface area (Å²) in [4.78, 5) is 29.8. The predicted octanol–water partition coefficient (Wildman–Crippen LogP) is 3.51. The lowest BCUT2D eigenvalue weighted by Crippen LogP contribution is -2.52. The van der Waals surface area contributed by atoms with Gasteiger partial charge in [0.25, 0.3) is 0 Å². The fourth-order valence-corrected chi connectivity index (χ4v) is 5.43. The van der Waals surface area contributed by atoms with Crippen molar-refractivity contribution in [3.63, 3.8) is 0 Å². The number of nitrogens with one attached hydrogen (secondary N) is 1. The summed E-state index contributed by atoms with van der Waals surface area (Å²) in [6.07, 6.45) is 3.63. The van der Waals surface area contributed by atoms with Crippen LogP contribution >= 0.6 is 0 Å². The van der Waals surface area contributed by atoms with Gasteiger partial charge in [0.15, 0.2) is 0 Å². The molecule has 0 spiro atoms. The highest BCUT2D eigenvalue weighted by Gasteiger charge is 2.41. The second-order valence-electron chi connectivity index (χ2n) is 10.6. The lowest BCUT2D eigenvalue weighted by atomic mass is 9.96. The number of fused-ring (bicyclic) bond motifs is 1. The number of ether oxygens (including phenoxy) is 2. The number of hydrazine groups is 1. The van der Waals surface area contributed by atoms with Crippen molar-refractivity contribution in [3.8, 4) is 0 Å². The van der Waals surface area contributed by atoms with Gasteiger partial charge < -0.3 is 14.4 Å². The first-order chi connectivity index (χ1) is 16.4. The molecule has 1 N–H and O–H groups in total. The Labute approximate surface area is 202 Å².